The molecule has 10 heteroatoms. The minimum absolute atomic E-state index is 0.386. The summed E-state index contributed by atoms with van der Waals surface area (Å²) >= 11 is 0. The number of hydrogen-bond donors (Lipinski definition) is 1. The Morgan fingerprint density at radius 2 is 1.56 bits per heavy atom. The zero-order chi connectivity index (χ0) is 18.7. The van der Waals surface area contributed by atoms with Crippen molar-refractivity contribution in [3.05, 3.63) is 53.1 Å². The molecule has 1 amide bonds. The summed E-state index contributed by atoms with van der Waals surface area (Å²) in [6, 6.07) is 4.72. The number of rotatable bonds is 5. The van der Waals surface area contributed by atoms with Crippen molar-refractivity contribution in [3.63, 3.8) is 0 Å². The van der Waals surface area contributed by atoms with E-state index in [4.69, 9.17) is 0 Å². The van der Waals surface area contributed by atoms with Crippen molar-refractivity contribution in [3.8, 4) is 11.5 Å². The topological polar surface area (TPSA) is 47.6 Å². The Morgan fingerprint density at radius 3 is 2.08 bits per heavy atom. The first-order valence-electron chi connectivity index (χ1n) is 6.53. The van der Waals surface area contributed by atoms with Crippen LogP contribution < -0.4 is 14.8 Å². The van der Waals surface area contributed by atoms with Gasteiger partial charge in [0.2, 0.25) is 11.6 Å². The third-order valence-corrected chi connectivity index (χ3v) is 3.01. The van der Waals surface area contributed by atoms with Gasteiger partial charge in [-0.05, 0) is 12.1 Å². The first kappa shape index (κ1) is 18.4. The average Bonchev–Trinajstić information content (AvgIpc) is 2.55. The number of benzene rings is 2. The molecule has 1 N–H and O–H groups in total. The van der Waals surface area contributed by atoms with E-state index in [1.54, 1.807) is 0 Å². The largest absolute Gasteiger partial charge is 0.491 e. The van der Waals surface area contributed by atoms with E-state index < -0.39 is 52.9 Å². The van der Waals surface area contributed by atoms with Gasteiger partial charge in [0, 0.05) is 0 Å². The van der Waals surface area contributed by atoms with Gasteiger partial charge in [0.15, 0.2) is 17.4 Å². The lowest BCUT2D eigenvalue weighted by atomic mass is 10.1. The minimum Gasteiger partial charge on any atom is -0.491 e. The van der Waals surface area contributed by atoms with Crippen LogP contribution in [0.3, 0.4) is 0 Å². The quantitative estimate of drug-likeness (QED) is 0.641. The zero-order valence-electron chi connectivity index (χ0n) is 12.4. The molecule has 0 radical (unpaired) electrons. The molecular weight excluding hydrogens is 356 g/mol. The zero-order valence-corrected chi connectivity index (χ0v) is 12.4. The van der Waals surface area contributed by atoms with Crippen LogP contribution in [0.25, 0.3) is 0 Å². The molecule has 25 heavy (non-hydrogen) atoms. The molecule has 0 aliphatic carbocycles. The monoisotopic (exact) mass is 365 g/mol. The van der Waals surface area contributed by atoms with Gasteiger partial charge in [0.25, 0.3) is 5.91 Å². The van der Waals surface area contributed by atoms with Gasteiger partial charge in [-0.3, -0.25) is 4.79 Å². The molecule has 0 fully saturated rings. The molecule has 0 unspecified atom stereocenters. The third-order valence-electron chi connectivity index (χ3n) is 3.01. The summed E-state index contributed by atoms with van der Waals surface area (Å²) in [4.78, 5) is 12.0. The van der Waals surface area contributed by atoms with E-state index in [9.17, 15) is 31.1 Å². The maximum atomic E-state index is 13.9. The molecule has 0 aromatic heterocycles. The van der Waals surface area contributed by atoms with E-state index in [1.165, 1.54) is 12.1 Å². The van der Waals surface area contributed by atoms with Crippen molar-refractivity contribution in [1.29, 1.82) is 0 Å². The van der Waals surface area contributed by atoms with Crippen molar-refractivity contribution in [2.45, 2.75) is 6.61 Å². The number of methoxy groups -OCH3 is 1. The maximum Gasteiger partial charge on any atom is 0.387 e. The second kappa shape index (κ2) is 7.32. The third kappa shape index (κ3) is 3.62. The van der Waals surface area contributed by atoms with Gasteiger partial charge in [-0.15, -0.1) is 0 Å². The van der Waals surface area contributed by atoms with Crippen LogP contribution in [0.1, 0.15) is 10.4 Å². The van der Waals surface area contributed by atoms with Crippen molar-refractivity contribution < 1.29 is 40.6 Å². The summed E-state index contributed by atoms with van der Waals surface area (Å²) in [6.07, 6.45) is 0. The van der Waals surface area contributed by atoms with Gasteiger partial charge < -0.3 is 14.8 Å². The molecule has 2 aromatic carbocycles. The number of para-hydroxylation sites is 2. The minimum atomic E-state index is -3.23. The standard InChI is InChI=1S/C15H9F6NO3/c1-24-13-11(18)9(16)8(10(17)12(13)19)14(23)22-6-4-2-3-5-7(6)25-15(20)21/h2-5,15H,1H3,(H,22,23). The molecule has 0 heterocycles. The SMILES string of the molecule is COc1c(F)c(F)c(C(=O)Nc2ccccc2OC(F)F)c(F)c1F. The predicted molar refractivity (Wildman–Crippen MR) is 73.9 cm³/mol. The van der Waals surface area contributed by atoms with Crippen LogP contribution in [0, 0.1) is 23.3 Å². The molecule has 134 valence electrons. The summed E-state index contributed by atoms with van der Waals surface area (Å²) in [5, 5.41) is 1.85. The van der Waals surface area contributed by atoms with Gasteiger partial charge in [-0.2, -0.15) is 17.6 Å². The highest BCUT2D eigenvalue weighted by molar-refractivity contribution is 6.05. The van der Waals surface area contributed by atoms with Gasteiger partial charge in [0.1, 0.15) is 11.3 Å². The van der Waals surface area contributed by atoms with E-state index in [-0.39, 0.29) is 5.69 Å². The smallest absolute Gasteiger partial charge is 0.387 e. The Labute approximate surface area is 137 Å². The average molecular weight is 365 g/mol. The predicted octanol–water partition coefficient (Wildman–Crippen LogP) is 4.11. The lowest BCUT2D eigenvalue weighted by Gasteiger charge is -2.13. The first-order chi connectivity index (χ1) is 11.8. The summed E-state index contributed by atoms with van der Waals surface area (Å²) in [7, 11) is 0.776. The molecule has 0 bridgehead atoms. The lowest BCUT2D eigenvalue weighted by Crippen LogP contribution is -2.19. The van der Waals surface area contributed by atoms with Crippen LogP contribution in [-0.2, 0) is 0 Å². The Balaban J connectivity index is 2.44. The summed E-state index contributed by atoms with van der Waals surface area (Å²) in [5.41, 5.74) is -1.97. The van der Waals surface area contributed by atoms with E-state index in [0.29, 0.717) is 0 Å². The van der Waals surface area contributed by atoms with Crippen LogP contribution in [-0.4, -0.2) is 19.6 Å². The molecule has 0 atom stereocenters. The molecule has 0 spiro atoms. The molecule has 0 aliphatic rings. The van der Waals surface area contributed by atoms with E-state index in [2.05, 4.69) is 9.47 Å². The molecular formula is C15H9F6NO3. The fraction of sp³-hybridized carbons (Fsp3) is 0.133. The Morgan fingerprint density at radius 1 is 1.00 bits per heavy atom. The van der Waals surface area contributed by atoms with Gasteiger partial charge in [-0.1, -0.05) is 12.1 Å². The highest BCUT2D eigenvalue weighted by Crippen LogP contribution is 2.31. The Bertz CT molecular complexity index is 783. The fourth-order valence-electron chi connectivity index (χ4n) is 1.94. The van der Waals surface area contributed by atoms with Gasteiger partial charge in [-0.25, -0.2) is 8.78 Å². The van der Waals surface area contributed by atoms with E-state index in [0.717, 1.165) is 19.2 Å². The fourth-order valence-corrected chi connectivity index (χ4v) is 1.94. The van der Waals surface area contributed by atoms with Crippen molar-refractivity contribution >= 4 is 11.6 Å². The van der Waals surface area contributed by atoms with Crippen LogP contribution in [0.2, 0.25) is 0 Å². The molecule has 4 nitrogen and oxygen atoms in total. The lowest BCUT2D eigenvalue weighted by molar-refractivity contribution is -0.0493. The van der Waals surface area contributed by atoms with Crippen molar-refractivity contribution in [2.24, 2.45) is 0 Å². The van der Waals surface area contributed by atoms with Gasteiger partial charge in [0.05, 0.1) is 12.8 Å². The van der Waals surface area contributed by atoms with Crippen LogP contribution in [0.4, 0.5) is 32.0 Å². The molecule has 0 saturated heterocycles. The first-order valence-corrected chi connectivity index (χ1v) is 6.53. The Kier molecular flexibility index (Phi) is 5.40. The number of amides is 1. The number of nitrogens with one attached hydrogen (secondary N) is 1. The van der Waals surface area contributed by atoms with E-state index >= 15 is 0 Å². The maximum absolute atomic E-state index is 13.9. The summed E-state index contributed by atoms with van der Waals surface area (Å²) in [6.45, 7) is -3.23. The summed E-state index contributed by atoms with van der Waals surface area (Å²) in [5.74, 6) is -11.3. The molecule has 0 aliphatic heterocycles. The number of hydrogen-bond acceptors (Lipinski definition) is 3. The van der Waals surface area contributed by atoms with Crippen LogP contribution in [0.15, 0.2) is 24.3 Å². The highest BCUT2D eigenvalue weighted by atomic mass is 19.3. The number of carbonyl (C=O) groups is 1. The second-order valence-electron chi connectivity index (χ2n) is 4.49. The molecule has 2 aromatic rings. The number of carbonyl (C=O) groups excluding carboxylic acids is 1. The van der Waals surface area contributed by atoms with Crippen LogP contribution >= 0.6 is 0 Å². The number of ether oxygens (including phenoxy) is 2. The number of alkyl halides is 2. The molecule has 2 rings (SSSR count). The van der Waals surface area contributed by atoms with Gasteiger partial charge >= 0.3 is 6.61 Å². The molecule has 0 saturated carbocycles. The summed E-state index contributed by atoms with van der Waals surface area (Å²) < 4.78 is 88.0. The van der Waals surface area contributed by atoms with Crippen LogP contribution in [0.5, 0.6) is 11.5 Å². The number of halogens is 6. The Hall–Kier alpha value is -2.91. The van der Waals surface area contributed by atoms with E-state index in [1.807, 2.05) is 5.32 Å². The van der Waals surface area contributed by atoms with Crippen molar-refractivity contribution in [2.75, 3.05) is 12.4 Å². The number of anilines is 1. The highest BCUT2D eigenvalue weighted by Gasteiger charge is 2.30. The normalized spacial score (nSPS) is 10.7. The second-order valence-corrected chi connectivity index (χ2v) is 4.49. The van der Waals surface area contributed by atoms with Crippen molar-refractivity contribution in [1.82, 2.24) is 0 Å².